The summed E-state index contributed by atoms with van der Waals surface area (Å²) in [5.74, 6) is 0. The fraction of sp³-hybridized carbons (Fsp3) is 0.178. The Hall–Kier alpha value is -5.21. The van der Waals surface area contributed by atoms with Gasteiger partial charge in [0.1, 0.15) is 0 Å². The van der Waals surface area contributed by atoms with E-state index in [1.54, 1.807) is 0 Å². The summed E-state index contributed by atoms with van der Waals surface area (Å²) >= 11 is 0. The fourth-order valence-corrected chi connectivity index (χ4v) is 8.88. The number of hydrogen-bond acceptors (Lipinski definition) is 0. The first-order valence-corrected chi connectivity index (χ1v) is 17.0. The Morgan fingerprint density at radius 1 is 0.596 bits per heavy atom. The number of benzene rings is 5. The summed E-state index contributed by atoms with van der Waals surface area (Å²) in [6.07, 6.45) is 4.28. The third-order valence-electron chi connectivity index (χ3n) is 11.5. The van der Waals surface area contributed by atoms with Gasteiger partial charge in [0.05, 0.1) is 16.6 Å². The van der Waals surface area contributed by atoms with Crippen LogP contribution in [0, 0.1) is 0 Å². The number of aromatic nitrogens is 2. The number of pyridine rings is 1. The van der Waals surface area contributed by atoms with E-state index >= 15 is 0 Å². The molecule has 0 N–H and O–H groups in total. The molecule has 0 saturated carbocycles. The molecule has 2 aliphatic rings. The van der Waals surface area contributed by atoms with Crippen molar-refractivity contribution in [1.82, 2.24) is 4.57 Å². The molecule has 7 aromatic rings. The van der Waals surface area contributed by atoms with Gasteiger partial charge < -0.3 is 4.57 Å². The molecule has 0 saturated heterocycles. The molecule has 1 aliphatic heterocycles. The predicted octanol–water partition coefficient (Wildman–Crippen LogP) is 11.3. The van der Waals surface area contributed by atoms with Crippen molar-refractivity contribution in [3.63, 3.8) is 0 Å². The molecule has 0 bridgehead atoms. The van der Waals surface area contributed by atoms with Crippen molar-refractivity contribution in [3.05, 3.63) is 151 Å². The summed E-state index contributed by atoms with van der Waals surface area (Å²) in [6.45, 7) is 14.0. The number of nitrogens with zero attached hydrogens (tertiary/aromatic N) is 2. The third kappa shape index (κ3) is 3.70. The van der Waals surface area contributed by atoms with E-state index in [0.717, 1.165) is 12.8 Å². The molecule has 5 aromatic carbocycles. The monoisotopic (exact) mass is 607 g/mol. The quantitative estimate of drug-likeness (QED) is 0.176. The van der Waals surface area contributed by atoms with Crippen LogP contribution in [0.5, 0.6) is 0 Å². The van der Waals surface area contributed by atoms with Crippen LogP contribution >= 0.6 is 0 Å². The largest absolute Gasteiger partial charge is 0.309 e. The van der Waals surface area contributed by atoms with Crippen molar-refractivity contribution < 1.29 is 4.57 Å². The molecule has 47 heavy (non-hydrogen) atoms. The van der Waals surface area contributed by atoms with Gasteiger partial charge in [-0.05, 0) is 87.5 Å². The second-order valence-electron chi connectivity index (χ2n) is 13.9. The first-order valence-electron chi connectivity index (χ1n) is 17.0. The van der Waals surface area contributed by atoms with Crippen molar-refractivity contribution in [2.24, 2.45) is 0 Å². The van der Waals surface area contributed by atoms with Crippen LogP contribution in [0.1, 0.15) is 57.2 Å². The summed E-state index contributed by atoms with van der Waals surface area (Å²) < 4.78 is 4.90. The van der Waals surface area contributed by atoms with Gasteiger partial charge in [-0.15, -0.1) is 0 Å². The number of hydrogen-bond donors (Lipinski definition) is 0. The minimum absolute atomic E-state index is 0.0919. The van der Waals surface area contributed by atoms with Gasteiger partial charge in [0, 0.05) is 52.4 Å². The molecule has 0 unspecified atom stereocenters. The number of para-hydroxylation sites is 2. The van der Waals surface area contributed by atoms with Gasteiger partial charge in [0.2, 0.25) is 5.69 Å². The number of fused-ring (bicyclic) bond motifs is 9. The van der Waals surface area contributed by atoms with Crippen molar-refractivity contribution in [1.29, 1.82) is 0 Å². The Labute approximate surface area is 277 Å². The molecule has 9 rings (SSSR count). The van der Waals surface area contributed by atoms with Crippen molar-refractivity contribution in [2.75, 3.05) is 0 Å². The molecule has 0 amide bonds. The Balaban J connectivity index is 1.20. The fourth-order valence-electron chi connectivity index (χ4n) is 8.88. The minimum atomic E-state index is -0.139. The van der Waals surface area contributed by atoms with Crippen LogP contribution in [-0.4, -0.2) is 4.57 Å². The number of allylic oxidation sites excluding steroid dienone is 1. The zero-order valence-electron chi connectivity index (χ0n) is 27.6. The van der Waals surface area contributed by atoms with Crippen molar-refractivity contribution in [3.8, 4) is 39.2 Å². The van der Waals surface area contributed by atoms with Gasteiger partial charge in [0.15, 0.2) is 11.7 Å². The van der Waals surface area contributed by atoms with Crippen LogP contribution in [-0.2, 0) is 11.0 Å². The molecule has 2 aromatic heterocycles. The van der Waals surface area contributed by atoms with Crippen molar-refractivity contribution in [2.45, 2.75) is 51.5 Å². The molecule has 2 heteroatoms. The second-order valence-corrected chi connectivity index (χ2v) is 13.9. The lowest BCUT2D eigenvalue weighted by atomic mass is 9.75. The lowest BCUT2D eigenvalue weighted by Crippen LogP contribution is -2.59. The predicted molar refractivity (Wildman–Crippen MR) is 197 cm³/mol. The van der Waals surface area contributed by atoms with Crippen LogP contribution in [0.3, 0.4) is 0 Å². The van der Waals surface area contributed by atoms with Gasteiger partial charge in [-0.2, -0.15) is 4.57 Å². The summed E-state index contributed by atoms with van der Waals surface area (Å²) in [6, 6.07) is 45.2. The Morgan fingerprint density at radius 2 is 1.28 bits per heavy atom. The number of rotatable bonds is 4. The molecule has 0 fully saturated rings. The molecule has 228 valence electrons. The lowest BCUT2D eigenvalue weighted by molar-refractivity contribution is -0.741. The molecule has 0 atom stereocenters. The smallest absolute Gasteiger partial charge is 0.213 e. The highest BCUT2D eigenvalue weighted by atomic mass is 15.1. The third-order valence-corrected chi connectivity index (χ3v) is 11.5. The lowest BCUT2D eigenvalue weighted by Gasteiger charge is -2.35. The summed E-state index contributed by atoms with van der Waals surface area (Å²) in [5.41, 5.74) is 16.5. The van der Waals surface area contributed by atoms with Gasteiger partial charge in [-0.1, -0.05) is 94.9 Å². The zero-order valence-corrected chi connectivity index (χ0v) is 27.6. The van der Waals surface area contributed by atoms with E-state index in [1.165, 1.54) is 83.3 Å². The van der Waals surface area contributed by atoms with E-state index in [2.05, 4.69) is 171 Å². The molecule has 2 nitrogen and oxygen atoms in total. The Kier molecular flexibility index (Phi) is 5.90. The van der Waals surface area contributed by atoms with E-state index in [4.69, 9.17) is 0 Å². The van der Waals surface area contributed by atoms with Crippen LogP contribution in [0.2, 0.25) is 0 Å². The van der Waals surface area contributed by atoms with Gasteiger partial charge >= 0.3 is 0 Å². The SMILES string of the molecule is C=C1c2ccc(-c3ccc4c(c3)C(C)(C)c3cc5c(cc3-4)c3ccccc3n5-c3ccccc3)cc2-c2cccc[n+]2C1(CC)CC. The second kappa shape index (κ2) is 9.89. The Bertz CT molecular complexity index is 2420. The van der Waals surface area contributed by atoms with E-state index < -0.39 is 0 Å². The Morgan fingerprint density at radius 3 is 2.06 bits per heavy atom. The van der Waals surface area contributed by atoms with Crippen molar-refractivity contribution >= 4 is 27.4 Å². The van der Waals surface area contributed by atoms with Crippen LogP contribution < -0.4 is 4.57 Å². The molecule has 0 radical (unpaired) electrons. The highest BCUT2D eigenvalue weighted by molar-refractivity contribution is 6.11. The van der Waals surface area contributed by atoms with Gasteiger partial charge in [-0.3, -0.25) is 0 Å². The van der Waals surface area contributed by atoms with E-state index in [9.17, 15) is 0 Å². The molecule has 0 spiro atoms. The summed E-state index contributed by atoms with van der Waals surface area (Å²) in [7, 11) is 0. The zero-order chi connectivity index (χ0) is 32.1. The minimum Gasteiger partial charge on any atom is -0.309 e. The van der Waals surface area contributed by atoms with Crippen LogP contribution in [0.25, 0.3) is 66.6 Å². The first-order chi connectivity index (χ1) is 22.9. The van der Waals surface area contributed by atoms with Gasteiger partial charge in [-0.25, -0.2) is 0 Å². The average molecular weight is 608 g/mol. The summed E-state index contributed by atoms with van der Waals surface area (Å²) in [4.78, 5) is 0. The van der Waals surface area contributed by atoms with E-state index in [-0.39, 0.29) is 11.0 Å². The molecular weight excluding hydrogens is 569 g/mol. The highest BCUT2D eigenvalue weighted by Gasteiger charge is 2.46. The maximum atomic E-state index is 4.68. The summed E-state index contributed by atoms with van der Waals surface area (Å²) in [5, 5.41) is 2.60. The maximum absolute atomic E-state index is 4.68. The molecular formula is C45H39N2+. The average Bonchev–Trinajstić information content (AvgIpc) is 3.56. The van der Waals surface area contributed by atoms with E-state index in [1.807, 2.05) is 0 Å². The van der Waals surface area contributed by atoms with Crippen LogP contribution in [0.15, 0.2) is 134 Å². The van der Waals surface area contributed by atoms with E-state index in [0.29, 0.717) is 0 Å². The first kappa shape index (κ1) is 28.0. The normalized spacial score (nSPS) is 15.4. The highest BCUT2D eigenvalue weighted by Crippen LogP contribution is 2.52. The topological polar surface area (TPSA) is 8.81 Å². The maximum Gasteiger partial charge on any atom is 0.213 e. The molecule has 1 aliphatic carbocycles. The standard InChI is InChI=1S/C45H39N2/c1-6-45(7-2)29(3)33-22-20-30(25-37(33)41-18-13-14-24-46(41)45)31-21-23-34-36-27-38-35-17-11-12-19-42(35)47(32-15-9-8-10-16-32)43(38)28-40(36)44(4,5)39(34)26-31/h8-28H,3,6-7H2,1-2,4-5H3/q+1. The van der Waals surface area contributed by atoms with Gasteiger partial charge in [0.25, 0.3) is 0 Å². The molecule has 3 heterocycles. The van der Waals surface area contributed by atoms with Crippen LogP contribution in [0.4, 0.5) is 0 Å².